The minimum atomic E-state index is -0.222. The first-order valence-electron chi connectivity index (χ1n) is 6.16. The van der Waals surface area contributed by atoms with Crippen molar-refractivity contribution < 1.29 is 0 Å². The second-order valence-electron chi connectivity index (χ2n) is 2.85. The molecule has 0 aliphatic heterocycles. The molecule has 2 heterocycles. The maximum absolute atomic E-state index is 11.6. The van der Waals surface area contributed by atoms with Gasteiger partial charge in [-0.3, -0.25) is 14.3 Å². The van der Waals surface area contributed by atoms with Crippen LogP contribution in [0.25, 0.3) is 5.69 Å². The number of nitrogens with two attached hydrogens (primary N) is 1. The van der Waals surface area contributed by atoms with Crippen molar-refractivity contribution in [2.45, 2.75) is 27.7 Å². The molecule has 0 aliphatic carbocycles. The molecule has 0 saturated heterocycles. The average Bonchev–Trinajstić information content (AvgIpc) is 2.47. The third-order valence-corrected chi connectivity index (χ3v) is 1.90. The second kappa shape index (κ2) is 8.98. The Bertz CT molecular complexity index is 492. The molecule has 2 aromatic heterocycles. The first-order valence-corrected chi connectivity index (χ1v) is 6.16. The van der Waals surface area contributed by atoms with Crippen LogP contribution in [0.5, 0.6) is 0 Å². The van der Waals surface area contributed by atoms with Gasteiger partial charge in [-0.15, -0.1) is 0 Å². The molecule has 0 spiro atoms. The van der Waals surface area contributed by atoms with E-state index in [9.17, 15) is 4.79 Å². The third kappa shape index (κ3) is 4.05. The Morgan fingerprint density at radius 3 is 2.33 bits per heavy atom. The minimum Gasteiger partial charge on any atom is -0.394 e. The topological polar surface area (TPSA) is 60.9 Å². The summed E-state index contributed by atoms with van der Waals surface area (Å²) in [7, 11) is 0. The monoisotopic (exact) mass is 247 g/mol. The lowest BCUT2D eigenvalue weighted by Crippen LogP contribution is -2.20. The highest BCUT2D eigenvalue weighted by molar-refractivity contribution is 5.38. The average molecular weight is 247 g/mol. The highest BCUT2D eigenvalue weighted by atomic mass is 16.1. The van der Waals surface area contributed by atoms with Crippen molar-refractivity contribution in [3.8, 4) is 5.69 Å². The van der Waals surface area contributed by atoms with Gasteiger partial charge in [0.2, 0.25) is 0 Å². The van der Waals surface area contributed by atoms with Crippen LogP contribution in [0.1, 0.15) is 27.7 Å². The predicted molar refractivity (Wildman–Crippen MR) is 76.9 cm³/mol. The molecular weight excluding hydrogens is 226 g/mol. The molecule has 18 heavy (non-hydrogen) atoms. The standard InChI is InChI=1S/C10H9N3O.2C2H6/c11-9-4-2-6-13(10(9)14)8-3-1-5-12-7-8;2*1-2/h1-7H,11H2;2*1-2H3. The lowest BCUT2D eigenvalue weighted by atomic mass is 10.3. The van der Waals surface area contributed by atoms with E-state index in [2.05, 4.69) is 4.98 Å². The van der Waals surface area contributed by atoms with Gasteiger partial charge in [0.15, 0.2) is 0 Å². The Morgan fingerprint density at radius 2 is 1.78 bits per heavy atom. The molecule has 98 valence electrons. The highest BCUT2D eigenvalue weighted by Gasteiger charge is 2.00. The van der Waals surface area contributed by atoms with Gasteiger partial charge in [-0.1, -0.05) is 27.7 Å². The molecular formula is C14H21N3O. The van der Waals surface area contributed by atoms with Crippen LogP contribution in [-0.4, -0.2) is 9.55 Å². The van der Waals surface area contributed by atoms with Gasteiger partial charge in [0.25, 0.3) is 5.56 Å². The summed E-state index contributed by atoms with van der Waals surface area (Å²) in [6.45, 7) is 8.00. The van der Waals surface area contributed by atoms with Gasteiger partial charge < -0.3 is 5.73 Å². The molecule has 0 saturated carbocycles. The zero-order chi connectivity index (χ0) is 14.0. The summed E-state index contributed by atoms with van der Waals surface area (Å²) in [6.07, 6.45) is 4.93. The van der Waals surface area contributed by atoms with Crippen LogP contribution in [0.4, 0.5) is 5.69 Å². The summed E-state index contributed by atoms with van der Waals surface area (Å²) in [5.41, 5.74) is 6.23. The molecule has 0 fully saturated rings. The van der Waals surface area contributed by atoms with Crippen LogP contribution in [-0.2, 0) is 0 Å². The van der Waals surface area contributed by atoms with Crippen LogP contribution in [0.3, 0.4) is 0 Å². The minimum absolute atomic E-state index is 0.222. The third-order valence-electron chi connectivity index (χ3n) is 1.90. The first kappa shape index (κ1) is 15.9. The number of aromatic nitrogens is 2. The van der Waals surface area contributed by atoms with E-state index < -0.39 is 0 Å². The summed E-state index contributed by atoms with van der Waals surface area (Å²) >= 11 is 0. The second-order valence-corrected chi connectivity index (χ2v) is 2.85. The van der Waals surface area contributed by atoms with Crippen LogP contribution in [0.15, 0.2) is 47.7 Å². The van der Waals surface area contributed by atoms with E-state index in [1.807, 2.05) is 27.7 Å². The quantitative estimate of drug-likeness (QED) is 0.842. The fraction of sp³-hybridized carbons (Fsp3) is 0.286. The molecule has 0 aliphatic rings. The zero-order valence-electron chi connectivity index (χ0n) is 11.4. The van der Waals surface area contributed by atoms with Gasteiger partial charge >= 0.3 is 0 Å². The summed E-state index contributed by atoms with van der Waals surface area (Å²) in [4.78, 5) is 15.5. The fourth-order valence-electron chi connectivity index (χ4n) is 1.21. The molecule has 0 unspecified atom stereocenters. The van der Waals surface area contributed by atoms with Crippen molar-refractivity contribution >= 4 is 5.69 Å². The van der Waals surface area contributed by atoms with Crippen molar-refractivity contribution in [1.29, 1.82) is 0 Å². The lowest BCUT2D eigenvalue weighted by molar-refractivity contribution is 0.983. The number of nitrogen functional groups attached to an aromatic ring is 1. The Kier molecular flexibility index (Phi) is 7.94. The molecule has 4 heteroatoms. The van der Waals surface area contributed by atoms with Crippen molar-refractivity contribution in [3.63, 3.8) is 0 Å². The molecule has 2 aromatic rings. The van der Waals surface area contributed by atoms with Crippen LogP contribution >= 0.6 is 0 Å². The van der Waals surface area contributed by atoms with Gasteiger partial charge in [-0.05, 0) is 24.3 Å². The van der Waals surface area contributed by atoms with Gasteiger partial charge in [0.1, 0.15) is 0 Å². The molecule has 0 radical (unpaired) electrons. The van der Waals surface area contributed by atoms with Gasteiger partial charge in [-0.2, -0.15) is 0 Å². The maximum Gasteiger partial charge on any atom is 0.278 e. The molecule has 0 bridgehead atoms. The van der Waals surface area contributed by atoms with Crippen LogP contribution in [0.2, 0.25) is 0 Å². The number of nitrogens with zero attached hydrogens (tertiary/aromatic N) is 2. The van der Waals surface area contributed by atoms with E-state index in [-0.39, 0.29) is 11.2 Å². The Hall–Kier alpha value is -2.10. The van der Waals surface area contributed by atoms with Gasteiger partial charge in [0.05, 0.1) is 17.6 Å². The lowest BCUT2D eigenvalue weighted by Gasteiger charge is -2.04. The maximum atomic E-state index is 11.6. The Labute approximate surface area is 108 Å². The van der Waals surface area contributed by atoms with E-state index in [0.29, 0.717) is 5.69 Å². The van der Waals surface area contributed by atoms with E-state index in [0.717, 1.165) is 0 Å². The summed E-state index contributed by atoms with van der Waals surface area (Å²) in [5, 5.41) is 0. The summed E-state index contributed by atoms with van der Waals surface area (Å²) < 4.78 is 1.46. The van der Waals surface area contributed by atoms with Crippen LogP contribution in [0, 0.1) is 0 Å². The van der Waals surface area contributed by atoms with E-state index in [1.54, 1.807) is 42.9 Å². The SMILES string of the molecule is CC.CC.Nc1cccn(-c2cccnc2)c1=O. The predicted octanol–water partition coefficient (Wildman–Crippen LogP) is 2.87. The largest absolute Gasteiger partial charge is 0.394 e. The highest BCUT2D eigenvalue weighted by Crippen LogP contribution is 2.02. The van der Waals surface area contributed by atoms with Gasteiger partial charge in [-0.25, -0.2) is 0 Å². The van der Waals surface area contributed by atoms with E-state index in [4.69, 9.17) is 5.73 Å². The number of hydrogen-bond acceptors (Lipinski definition) is 3. The molecule has 2 N–H and O–H groups in total. The Balaban J connectivity index is 0.000000659. The molecule has 2 rings (SSSR count). The Morgan fingerprint density at radius 1 is 1.11 bits per heavy atom. The molecule has 0 amide bonds. The molecule has 0 aromatic carbocycles. The summed E-state index contributed by atoms with van der Waals surface area (Å²) in [5.74, 6) is 0. The van der Waals surface area contributed by atoms with Crippen molar-refractivity contribution in [2.24, 2.45) is 0 Å². The van der Waals surface area contributed by atoms with E-state index >= 15 is 0 Å². The number of pyridine rings is 2. The number of hydrogen-bond donors (Lipinski definition) is 1. The number of rotatable bonds is 1. The van der Waals surface area contributed by atoms with Crippen molar-refractivity contribution in [3.05, 3.63) is 53.2 Å². The summed E-state index contributed by atoms with van der Waals surface area (Å²) in [6, 6.07) is 6.87. The smallest absolute Gasteiger partial charge is 0.278 e. The van der Waals surface area contributed by atoms with Crippen molar-refractivity contribution in [1.82, 2.24) is 9.55 Å². The first-order chi connectivity index (χ1) is 8.79. The van der Waals surface area contributed by atoms with Crippen molar-refractivity contribution in [2.75, 3.05) is 5.73 Å². The van der Waals surface area contributed by atoms with Crippen LogP contribution < -0.4 is 11.3 Å². The zero-order valence-corrected chi connectivity index (χ0v) is 11.4. The van der Waals surface area contributed by atoms with E-state index in [1.165, 1.54) is 4.57 Å². The fourth-order valence-corrected chi connectivity index (χ4v) is 1.21. The number of anilines is 1. The van der Waals surface area contributed by atoms with Gasteiger partial charge in [0, 0.05) is 12.4 Å². The normalized spacial score (nSPS) is 8.44. The molecule has 0 atom stereocenters. The molecule has 4 nitrogen and oxygen atoms in total.